The van der Waals surface area contributed by atoms with Crippen LogP contribution in [-0.2, 0) is 14.3 Å². The Kier molecular flexibility index (Phi) is 11.2. The Bertz CT molecular complexity index is 446. The van der Waals surface area contributed by atoms with Gasteiger partial charge in [-0.2, -0.15) is 0 Å². The van der Waals surface area contributed by atoms with E-state index in [4.69, 9.17) is 4.74 Å². The lowest BCUT2D eigenvalue weighted by Crippen LogP contribution is -2.15. The molecule has 0 radical (unpaired) electrons. The first-order chi connectivity index (χ1) is 11.7. The predicted molar refractivity (Wildman–Crippen MR) is 98.9 cm³/mol. The van der Waals surface area contributed by atoms with Gasteiger partial charge < -0.3 is 4.74 Å². The number of hydrogen-bond donors (Lipinski definition) is 0. The molecule has 0 amide bonds. The van der Waals surface area contributed by atoms with E-state index in [2.05, 4.69) is 6.92 Å². The van der Waals surface area contributed by atoms with Gasteiger partial charge in [-0.3, -0.25) is 9.59 Å². The summed E-state index contributed by atoms with van der Waals surface area (Å²) in [7, 11) is 1.43. The second-order valence-electron chi connectivity index (χ2n) is 6.75. The van der Waals surface area contributed by atoms with E-state index in [1.807, 2.05) is 0 Å². The van der Waals surface area contributed by atoms with Gasteiger partial charge in [0.05, 0.1) is 7.11 Å². The van der Waals surface area contributed by atoms with Crippen LogP contribution < -0.4 is 0 Å². The van der Waals surface area contributed by atoms with Gasteiger partial charge in [-0.05, 0) is 18.9 Å². The SMILES string of the molecule is CCCCCCCCCCCCCCC1=CC(=O)C=C(OC)C1=O. The Labute approximate surface area is 147 Å². The molecule has 0 unspecified atom stereocenters. The third kappa shape index (κ3) is 8.47. The van der Waals surface area contributed by atoms with E-state index in [9.17, 15) is 9.59 Å². The van der Waals surface area contributed by atoms with Crippen molar-refractivity contribution in [1.82, 2.24) is 0 Å². The largest absolute Gasteiger partial charge is 0.493 e. The van der Waals surface area contributed by atoms with Crippen LogP contribution >= 0.6 is 0 Å². The lowest BCUT2D eigenvalue weighted by Gasteiger charge is -2.12. The van der Waals surface area contributed by atoms with E-state index in [0.717, 1.165) is 12.8 Å². The maximum Gasteiger partial charge on any atom is 0.223 e. The number of carbonyl (C=O) groups is 2. The van der Waals surface area contributed by atoms with Crippen LogP contribution in [0.4, 0.5) is 0 Å². The molecular weight excluding hydrogens is 300 g/mol. The zero-order valence-electron chi connectivity index (χ0n) is 15.6. The highest BCUT2D eigenvalue weighted by atomic mass is 16.5. The summed E-state index contributed by atoms with van der Waals surface area (Å²) < 4.78 is 4.97. The van der Waals surface area contributed by atoms with Crippen LogP contribution in [0.5, 0.6) is 0 Å². The number of ketones is 2. The van der Waals surface area contributed by atoms with E-state index in [1.165, 1.54) is 83.5 Å². The molecule has 0 heterocycles. The van der Waals surface area contributed by atoms with Gasteiger partial charge in [0.25, 0.3) is 0 Å². The van der Waals surface area contributed by atoms with Gasteiger partial charge >= 0.3 is 0 Å². The van der Waals surface area contributed by atoms with Crippen molar-refractivity contribution in [1.29, 1.82) is 0 Å². The second-order valence-corrected chi connectivity index (χ2v) is 6.75. The molecule has 0 saturated carbocycles. The van der Waals surface area contributed by atoms with Crippen LogP contribution in [0.1, 0.15) is 90.4 Å². The van der Waals surface area contributed by atoms with Gasteiger partial charge in [0, 0.05) is 11.6 Å². The van der Waals surface area contributed by atoms with Crippen molar-refractivity contribution in [3.63, 3.8) is 0 Å². The van der Waals surface area contributed by atoms with E-state index in [-0.39, 0.29) is 17.3 Å². The van der Waals surface area contributed by atoms with Crippen LogP contribution in [0.3, 0.4) is 0 Å². The topological polar surface area (TPSA) is 43.4 Å². The van der Waals surface area contributed by atoms with Gasteiger partial charge in [-0.15, -0.1) is 0 Å². The summed E-state index contributed by atoms with van der Waals surface area (Å²) in [6.45, 7) is 2.26. The number of rotatable bonds is 14. The maximum absolute atomic E-state index is 12.0. The molecule has 136 valence electrons. The van der Waals surface area contributed by atoms with Crippen LogP contribution in [0.25, 0.3) is 0 Å². The number of hydrogen-bond acceptors (Lipinski definition) is 3. The van der Waals surface area contributed by atoms with Crippen LogP contribution in [0.15, 0.2) is 23.5 Å². The molecular formula is C21H34O3. The van der Waals surface area contributed by atoms with Crippen molar-refractivity contribution in [2.75, 3.05) is 7.11 Å². The highest BCUT2D eigenvalue weighted by Crippen LogP contribution is 2.20. The zero-order valence-corrected chi connectivity index (χ0v) is 15.6. The number of allylic oxidation sites excluding steroid dienone is 3. The molecule has 0 aromatic carbocycles. The fourth-order valence-corrected chi connectivity index (χ4v) is 3.13. The summed E-state index contributed by atoms with van der Waals surface area (Å²) in [6, 6.07) is 0. The van der Waals surface area contributed by atoms with Crippen molar-refractivity contribution >= 4 is 11.6 Å². The van der Waals surface area contributed by atoms with E-state index in [1.54, 1.807) is 0 Å². The van der Waals surface area contributed by atoms with Crippen LogP contribution in [0.2, 0.25) is 0 Å². The number of Topliss-reactive ketones (excluding diaryl/α,β-unsaturated/α-hetero) is 1. The highest BCUT2D eigenvalue weighted by molar-refractivity contribution is 6.19. The molecule has 3 nitrogen and oxygen atoms in total. The van der Waals surface area contributed by atoms with Crippen molar-refractivity contribution in [3.05, 3.63) is 23.5 Å². The maximum atomic E-state index is 12.0. The van der Waals surface area contributed by atoms with Crippen LogP contribution in [-0.4, -0.2) is 18.7 Å². The molecule has 0 fully saturated rings. The summed E-state index contributed by atoms with van der Waals surface area (Å²) in [4.78, 5) is 23.5. The second kappa shape index (κ2) is 13.0. The molecule has 3 heteroatoms. The molecule has 0 N–H and O–H groups in total. The van der Waals surface area contributed by atoms with Gasteiger partial charge in [0.15, 0.2) is 11.5 Å². The van der Waals surface area contributed by atoms with Gasteiger partial charge in [-0.25, -0.2) is 0 Å². The summed E-state index contributed by atoms with van der Waals surface area (Å²) >= 11 is 0. The Morgan fingerprint density at radius 3 is 1.75 bits per heavy atom. The molecule has 0 saturated heterocycles. The molecule has 0 aromatic rings. The van der Waals surface area contributed by atoms with Crippen LogP contribution in [0, 0.1) is 0 Å². The zero-order chi connectivity index (χ0) is 17.6. The number of unbranched alkanes of at least 4 members (excludes halogenated alkanes) is 11. The van der Waals surface area contributed by atoms with E-state index in [0.29, 0.717) is 12.0 Å². The lowest BCUT2D eigenvalue weighted by atomic mass is 9.96. The minimum atomic E-state index is -0.139. The summed E-state index contributed by atoms with van der Waals surface area (Å²) in [5, 5.41) is 0. The lowest BCUT2D eigenvalue weighted by molar-refractivity contribution is -0.117. The quantitative estimate of drug-likeness (QED) is 0.303. The normalized spacial score (nSPS) is 14.6. The predicted octanol–water partition coefficient (Wildman–Crippen LogP) is 5.69. The average Bonchev–Trinajstić information content (AvgIpc) is 2.58. The molecule has 1 aliphatic rings. The first-order valence-electron chi connectivity index (χ1n) is 9.74. The third-order valence-electron chi connectivity index (χ3n) is 4.62. The fourth-order valence-electron chi connectivity index (χ4n) is 3.13. The van der Waals surface area contributed by atoms with Gasteiger partial charge in [0.1, 0.15) is 0 Å². The third-order valence-corrected chi connectivity index (χ3v) is 4.62. The Balaban J connectivity index is 1.99. The number of carbonyl (C=O) groups excluding carboxylic acids is 2. The van der Waals surface area contributed by atoms with Crippen molar-refractivity contribution < 1.29 is 14.3 Å². The molecule has 0 aromatic heterocycles. The Morgan fingerprint density at radius 1 is 0.750 bits per heavy atom. The van der Waals surface area contributed by atoms with Crippen molar-refractivity contribution in [2.24, 2.45) is 0 Å². The summed E-state index contributed by atoms with van der Waals surface area (Å²) in [5.74, 6) is -0.0861. The highest BCUT2D eigenvalue weighted by Gasteiger charge is 2.21. The van der Waals surface area contributed by atoms with E-state index < -0.39 is 0 Å². The average molecular weight is 335 g/mol. The molecule has 0 atom stereocenters. The first-order valence-corrected chi connectivity index (χ1v) is 9.74. The molecule has 0 spiro atoms. The minimum absolute atomic E-state index is 0.125. The fraction of sp³-hybridized carbons (Fsp3) is 0.714. The molecule has 1 rings (SSSR count). The number of methoxy groups -OCH3 is 1. The Morgan fingerprint density at radius 2 is 1.25 bits per heavy atom. The smallest absolute Gasteiger partial charge is 0.223 e. The standard InChI is InChI=1S/C21H34O3/c1-3-4-5-6-7-8-9-10-11-12-13-14-15-18-16-19(22)17-20(24-2)21(18)23/h16-17H,3-15H2,1-2H3. The summed E-state index contributed by atoms with van der Waals surface area (Å²) in [5.41, 5.74) is 0.603. The molecule has 24 heavy (non-hydrogen) atoms. The van der Waals surface area contributed by atoms with Crippen molar-refractivity contribution in [2.45, 2.75) is 90.4 Å². The van der Waals surface area contributed by atoms with Gasteiger partial charge in [0.2, 0.25) is 5.78 Å². The Hall–Kier alpha value is -1.38. The molecule has 1 aliphatic carbocycles. The first kappa shape index (κ1) is 20.7. The monoisotopic (exact) mass is 334 g/mol. The van der Waals surface area contributed by atoms with E-state index >= 15 is 0 Å². The minimum Gasteiger partial charge on any atom is -0.493 e. The van der Waals surface area contributed by atoms with Gasteiger partial charge in [-0.1, -0.05) is 77.6 Å². The number of ether oxygens (including phenoxy) is 1. The molecule has 0 aliphatic heterocycles. The summed E-state index contributed by atoms with van der Waals surface area (Å²) in [6.07, 6.45) is 18.9. The molecule has 0 bridgehead atoms. The van der Waals surface area contributed by atoms with Crippen molar-refractivity contribution in [3.8, 4) is 0 Å².